The average molecular weight is 349 g/mol. The van der Waals surface area contributed by atoms with Crippen molar-refractivity contribution in [1.82, 2.24) is 9.97 Å². The van der Waals surface area contributed by atoms with Gasteiger partial charge in [0.15, 0.2) is 6.61 Å². The van der Waals surface area contributed by atoms with Gasteiger partial charge in [-0.3, -0.25) is 4.79 Å². The van der Waals surface area contributed by atoms with Crippen LogP contribution in [-0.2, 0) is 11.2 Å². The van der Waals surface area contributed by atoms with E-state index < -0.39 is 0 Å². The average Bonchev–Trinajstić information content (AvgIpc) is 2.66. The Bertz CT molecular complexity index is 905. The van der Waals surface area contributed by atoms with Gasteiger partial charge in [-0.2, -0.15) is 4.98 Å². The summed E-state index contributed by atoms with van der Waals surface area (Å²) in [6, 6.07) is 15.5. The summed E-state index contributed by atoms with van der Waals surface area (Å²) in [6.45, 7) is 6.16. The first-order valence-corrected chi connectivity index (χ1v) is 8.85. The number of ether oxygens (including phenoxy) is 1. The van der Waals surface area contributed by atoms with Gasteiger partial charge >= 0.3 is 0 Å². The van der Waals surface area contributed by atoms with Crippen LogP contribution in [-0.4, -0.2) is 22.5 Å². The van der Waals surface area contributed by atoms with E-state index in [1.807, 2.05) is 55.5 Å². The minimum atomic E-state index is -0.219. The molecule has 0 spiro atoms. The van der Waals surface area contributed by atoms with Crippen molar-refractivity contribution >= 4 is 22.5 Å². The van der Waals surface area contributed by atoms with Crippen LogP contribution in [0.4, 0.5) is 5.69 Å². The van der Waals surface area contributed by atoms with Crippen LogP contribution in [0.2, 0.25) is 0 Å². The molecule has 2 aromatic carbocycles. The molecule has 0 aliphatic heterocycles. The molecule has 134 valence electrons. The molecule has 1 aromatic heterocycles. The van der Waals surface area contributed by atoms with Gasteiger partial charge in [0.1, 0.15) is 5.82 Å². The Kier molecular flexibility index (Phi) is 5.46. The highest BCUT2D eigenvalue weighted by atomic mass is 16.5. The van der Waals surface area contributed by atoms with Crippen molar-refractivity contribution in [3.05, 3.63) is 59.9 Å². The Morgan fingerprint density at radius 3 is 2.50 bits per heavy atom. The third-order valence-corrected chi connectivity index (χ3v) is 4.13. The fourth-order valence-electron chi connectivity index (χ4n) is 2.64. The lowest BCUT2D eigenvalue weighted by molar-refractivity contribution is -0.118. The van der Waals surface area contributed by atoms with Crippen molar-refractivity contribution in [2.24, 2.45) is 0 Å². The Morgan fingerprint density at radius 1 is 1.08 bits per heavy atom. The highest BCUT2D eigenvalue weighted by Crippen LogP contribution is 2.22. The summed E-state index contributed by atoms with van der Waals surface area (Å²) in [5, 5.41) is 3.65. The van der Waals surface area contributed by atoms with Crippen molar-refractivity contribution in [3.8, 4) is 5.88 Å². The number of anilines is 1. The van der Waals surface area contributed by atoms with E-state index >= 15 is 0 Å². The first-order valence-electron chi connectivity index (χ1n) is 8.85. The molecular formula is C21H23N3O2. The van der Waals surface area contributed by atoms with Gasteiger partial charge in [0.25, 0.3) is 5.91 Å². The first kappa shape index (κ1) is 17.9. The van der Waals surface area contributed by atoms with Gasteiger partial charge in [-0.1, -0.05) is 45.0 Å². The molecule has 0 aliphatic carbocycles. The van der Waals surface area contributed by atoms with E-state index in [0.29, 0.717) is 24.0 Å². The quantitative estimate of drug-likeness (QED) is 0.719. The predicted octanol–water partition coefficient (Wildman–Crippen LogP) is 4.33. The van der Waals surface area contributed by atoms with E-state index in [1.165, 1.54) is 5.56 Å². The number of hydrogen-bond donors (Lipinski definition) is 1. The highest BCUT2D eigenvalue weighted by molar-refractivity contribution is 5.92. The molecule has 1 N–H and O–H groups in total. The molecule has 0 aliphatic rings. The normalized spacial score (nSPS) is 10.9. The largest absolute Gasteiger partial charge is 0.467 e. The lowest BCUT2D eigenvalue weighted by Gasteiger charge is -2.11. The number of benzene rings is 2. The first-order chi connectivity index (χ1) is 12.6. The molecule has 0 fully saturated rings. The smallest absolute Gasteiger partial charge is 0.262 e. The van der Waals surface area contributed by atoms with Gasteiger partial charge in [-0.05, 0) is 35.7 Å². The number of carbonyl (C=O) groups is 1. The van der Waals surface area contributed by atoms with E-state index in [4.69, 9.17) is 4.74 Å². The van der Waals surface area contributed by atoms with Gasteiger partial charge in [0.05, 0.1) is 10.9 Å². The molecule has 0 atom stereocenters. The second-order valence-electron chi connectivity index (χ2n) is 6.43. The topological polar surface area (TPSA) is 64.1 Å². The van der Waals surface area contributed by atoms with Crippen LogP contribution in [0.1, 0.15) is 38.1 Å². The Morgan fingerprint density at radius 2 is 1.81 bits per heavy atom. The van der Waals surface area contributed by atoms with Gasteiger partial charge in [0.2, 0.25) is 5.88 Å². The number of fused-ring (bicyclic) bond motifs is 1. The summed E-state index contributed by atoms with van der Waals surface area (Å²) in [4.78, 5) is 21.1. The molecule has 0 saturated heterocycles. The number of amides is 1. The number of aromatic nitrogens is 2. The number of rotatable bonds is 6. The lowest BCUT2D eigenvalue weighted by Crippen LogP contribution is -2.20. The summed E-state index contributed by atoms with van der Waals surface area (Å²) >= 11 is 0. The van der Waals surface area contributed by atoms with E-state index in [2.05, 4.69) is 29.1 Å². The number of nitrogens with zero attached hydrogens (tertiary/aromatic N) is 2. The van der Waals surface area contributed by atoms with Crippen LogP contribution in [0.5, 0.6) is 5.88 Å². The fourth-order valence-corrected chi connectivity index (χ4v) is 2.64. The Balaban J connectivity index is 1.68. The Labute approximate surface area is 153 Å². The summed E-state index contributed by atoms with van der Waals surface area (Å²) in [5.41, 5.74) is 2.81. The van der Waals surface area contributed by atoms with Gasteiger partial charge < -0.3 is 10.1 Å². The van der Waals surface area contributed by atoms with Crippen LogP contribution in [0, 0.1) is 0 Å². The van der Waals surface area contributed by atoms with E-state index in [-0.39, 0.29) is 12.5 Å². The zero-order valence-electron chi connectivity index (χ0n) is 15.3. The third kappa shape index (κ3) is 4.17. The van der Waals surface area contributed by atoms with E-state index in [0.717, 1.165) is 16.6 Å². The summed E-state index contributed by atoms with van der Waals surface area (Å²) in [5.74, 6) is 1.38. The monoisotopic (exact) mass is 349 g/mol. The van der Waals surface area contributed by atoms with Crippen LogP contribution in [0.25, 0.3) is 10.9 Å². The number of carbonyl (C=O) groups excluding carboxylic acids is 1. The maximum Gasteiger partial charge on any atom is 0.262 e. The summed E-state index contributed by atoms with van der Waals surface area (Å²) in [7, 11) is 0. The zero-order chi connectivity index (χ0) is 18.5. The predicted molar refractivity (Wildman–Crippen MR) is 104 cm³/mol. The molecule has 0 unspecified atom stereocenters. The van der Waals surface area contributed by atoms with Crippen LogP contribution < -0.4 is 10.1 Å². The van der Waals surface area contributed by atoms with Crippen molar-refractivity contribution in [2.45, 2.75) is 33.1 Å². The van der Waals surface area contributed by atoms with Crippen molar-refractivity contribution in [2.75, 3.05) is 11.9 Å². The number of para-hydroxylation sites is 1. The third-order valence-electron chi connectivity index (χ3n) is 4.13. The van der Waals surface area contributed by atoms with Crippen LogP contribution >= 0.6 is 0 Å². The molecule has 3 aromatic rings. The molecule has 1 amide bonds. The van der Waals surface area contributed by atoms with Crippen molar-refractivity contribution < 1.29 is 9.53 Å². The van der Waals surface area contributed by atoms with Gasteiger partial charge in [0, 0.05) is 12.1 Å². The van der Waals surface area contributed by atoms with Crippen LogP contribution in [0.15, 0.2) is 48.5 Å². The van der Waals surface area contributed by atoms with Gasteiger partial charge in [-0.15, -0.1) is 0 Å². The zero-order valence-corrected chi connectivity index (χ0v) is 15.3. The highest BCUT2D eigenvalue weighted by Gasteiger charge is 2.10. The number of hydrogen-bond acceptors (Lipinski definition) is 4. The number of nitrogens with one attached hydrogen (secondary N) is 1. The standard InChI is InChI=1S/C21H23N3O2/c1-4-19-23-18-8-6-5-7-17(18)21(24-19)26-13-20(25)22-16-11-9-15(10-12-16)14(2)3/h5-12,14H,4,13H2,1-3H3,(H,22,25). The molecule has 0 saturated carbocycles. The molecule has 1 heterocycles. The molecule has 3 rings (SSSR count). The fraction of sp³-hybridized carbons (Fsp3) is 0.286. The van der Waals surface area contributed by atoms with Crippen molar-refractivity contribution in [1.29, 1.82) is 0 Å². The second-order valence-corrected chi connectivity index (χ2v) is 6.43. The van der Waals surface area contributed by atoms with Crippen LogP contribution in [0.3, 0.4) is 0 Å². The summed E-state index contributed by atoms with van der Waals surface area (Å²) < 4.78 is 5.69. The molecule has 26 heavy (non-hydrogen) atoms. The molecule has 0 radical (unpaired) electrons. The molecular weight excluding hydrogens is 326 g/mol. The van der Waals surface area contributed by atoms with E-state index in [9.17, 15) is 4.79 Å². The second kappa shape index (κ2) is 7.95. The van der Waals surface area contributed by atoms with E-state index in [1.54, 1.807) is 0 Å². The maximum atomic E-state index is 12.2. The summed E-state index contributed by atoms with van der Waals surface area (Å²) in [6.07, 6.45) is 0.704. The van der Waals surface area contributed by atoms with Gasteiger partial charge in [-0.25, -0.2) is 4.98 Å². The SMILES string of the molecule is CCc1nc(OCC(=O)Nc2ccc(C(C)C)cc2)c2ccccc2n1. The maximum absolute atomic E-state index is 12.2. The Hall–Kier alpha value is -2.95. The minimum absolute atomic E-state index is 0.101. The molecule has 5 heteroatoms. The molecule has 5 nitrogen and oxygen atoms in total. The molecule has 0 bridgehead atoms. The number of aryl methyl sites for hydroxylation is 1. The minimum Gasteiger partial charge on any atom is -0.467 e. The van der Waals surface area contributed by atoms with Crippen molar-refractivity contribution in [3.63, 3.8) is 0 Å². The lowest BCUT2D eigenvalue weighted by atomic mass is 10.0.